The van der Waals surface area contributed by atoms with E-state index in [9.17, 15) is 0 Å². The van der Waals surface area contributed by atoms with E-state index in [-0.39, 0.29) is 0 Å². The summed E-state index contributed by atoms with van der Waals surface area (Å²) in [5.74, 6) is 0. The second kappa shape index (κ2) is 16.5. The van der Waals surface area contributed by atoms with E-state index in [0.717, 1.165) is 50.1 Å². The van der Waals surface area contributed by atoms with E-state index >= 15 is 0 Å². The maximum Gasteiger partial charge on any atom is 0.143 e. The van der Waals surface area contributed by atoms with Crippen LogP contribution in [0.15, 0.2) is 277 Å². The predicted molar refractivity (Wildman–Crippen MR) is 297 cm³/mol. The number of hydrogen-bond acceptors (Lipinski definition) is 2. The molecule has 0 aliphatic heterocycles. The SMILES string of the molecule is c1ccc(-c2cccc3c2-c2ccc(N(c4ccc(-c5cccc6ccccc56)cc4)c4ccc5c(c4)oc4c(-c6cccc7ccccc67)cccc45)cc2C3(c2ccccc2)c2ccccc2)cc1. The van der Waals surface area contributed by atoms with E-state index in [0.29, 0.717) is 0 Å². The van der Waals surface area contributed by atoms with Gasteiger partial charge in [0.1, 0.15) is 11.2 Å². The normalized spacial score (nSPS) is 12.6. The maximum atomic E-state index is 7.06. The van der Waals surface area contributed by atoms with Crippen molar-refractivity contribution in [3.63, 3.8) is 0 Å². The largest absolute Gasteiger partial charge is 0.455 e. The summed E-state index contributed by atoms with van der Waals surface area (Å²) >= 11 is 0. The van der Waals surface area contributed by atoms with Crippen molar-refractivity contribution in [3.8, 4) is 44.5 Å². The fraction of sp³-hybridized carbons (Fsp3) is 0.0145. The summed E-state index contributed by atoms with van der Waals surface area (Å²) in [5, 5.41) is 7.07. The van der Waals surface area contributed by atoms with Crippen LogP contribution in [-0.2, 0) is 5.41 Å². The lowest BCUT2D eigenvalue weighted by Gasteiger charge is -2.35. The average Bonchev–Trinajstić information content (AvgIpc) is 3.97. The van der Waals surface area contributed by atoms with Crippen LogP contribution < -0.4 is 4.90 Å². The minimum absolute atomic E-state index is 0.613. The van der Waals surface area contributed by atoms with Gasteiger partial charge in [-0.05, 0) is 119 Å². The number of anilines is 3. The lowest BCUT2D eigenvalue weighted by Crippen LogP contribution is -2.28. The van der Waals surface area contributed by atoms with Crippen LogP contribution in [0.5, 0.6) is 0 Å². The summed E-state index contributed by atoms with van der Waals surface area (Å²) in [6, 6.07) is 99.8. The summed E-state index contributed by atoms with van der Waals surface area (Å²) < 4.78 is 7.06. The summed E-state index contributed by atoms with van der Waals surface area (Å²) in [7, 11) is 0. The molecule has 0 radical (unpaired) electrons. The molecule has 2 heteroatoms. The van der Waals surface area contributed by atoms with Gasteiger partial charge in [-0.1, -0.05) is 231 Å². The predicted octanol–water partition coefficient (Wildman–Crippen LogP) is 18.7. The third-order valence-corrected chi connectivity index (χ3v) is 14.9. The molecule has 1 aromatic heterocycles. The minimum atomic E-state index is -0.613. The highest BCUT2D eigenvalue weighted by Gasteiger charge is 2.47. The summed E-state index contributed by atoms with van der Waals surface area (Å²) in [6.07, 6.45) is 0. The molecule has 332 valence electrons. The highest BCUT2D eigenvalue weighted by molar-refractivity contribution is 6.13. The van der Waals surface area contributed by atoms with Crippen LogP contribution in [-0.4, -0.2) is 0 Å². The summed E-state index contributed by atoms with van der Waals surface area (Å²) in [4.78, 5) is 2.41. The molecule has 71 heavy (non-hydrogen) atoms. The molecular weight excluding hydrogens is 859 g/mol. The van der Waals surface area contributed by atoms with Crippen LogP contribution in [0, 0.1) is 0 Å². The molecule has 12 aromatic carbocycles. The fourth-order valence-electron chi connectivity index (χ4n) is 11.8. The first-order valence-electron chi connectivity index (χ1n) is 24.5. The Morgan fingerprint density at radius 2 is 0.803 bits per heavy atom. The van der Waals surface area contributed by atoms with Gasteiger partial charge >= 0.3 is 0 Å². The van der Waals surface area contributed by atoms with Gasteiger partial charge in [0, 0.05) is 39.5 Å². The smallest absolute Gasteiger partial charge is 0.143 e. The Morgan fingerprint density at radius 1 is 0.296 bits per heavy atom. The molecule has 0 N–H and O–H groups in total. The van der Waals surface area contributed by atoms with Crippen molar-refractivity contribution in [1.82, 2.24) is 0 Å². The molecule has 0 spiro atoms. The van der Waals surface area contributed by atoms with Crippen LogP contribution in [0.4, 0.5) is 17.1 Å². The second-order valence-electron chi connectivity index (χ2n) is 18.7. The first-order valence-corrected chi connectivity index (χ1v) is 24.5. The van der Waals surface area contributed by atoms with E-state index in [1.807, 2.05) is 0 Å². The number of rotatable bonds is 8. The molecule has 0 unspecified atom stereocenters. The van der Waals surface area contributed by atoms with E-state index in [1.54, 1.807) is 0 Å². The topological polar surface area (TPSA) is 16.4 Å². The second-order valence-corrected chi connectivity index (χ2v) is 18.7. The van der Waals surface area contributed by atoms with Gasteiger partial charge in [-0.3, -0.25) is 0 Å². The van der Waals surface area contributed by atoms with Gasteiger partial charge in [-0.2, -0.15) is 0 Å². The maximum absolute atomic E-state index is 7.06. The third-order valence-electron chi connectivity index (χ3n) is 14.9. The first kappa shape index (κ1) is 40.8. The number of fused-ring (bicyclic) bond motifs is 8. The van der Waals surface area contributed by atoms with Crippen LogP contribution in [0.1, 0.15) is 22.3 Å². The van der Waals surface area contributed by atoms with E-state index < -0.39 is 5.41 Å². The minimum Gasteiger partial charge on any atom is -0.455 e. The van der Waals surface area contributed by atoms with Gasteiger partial charge in [-0.15, -0.1) is 0 Å². The zero-order valence-electron chi connectivity index (χ0n) is 38.8. The van der Waals surface area contributed by atoms with Crippen LogP contribution in [0.25, 0.3) is 88.0 Å². The summed E-state index contributed by atoms with van der Waals surface area (Å²) in [6.45, 7) is 0. The Labute approximate surface area is 413 Å². The third kappa shape index (κ3) is 6.42. The molecule has 1 aliphatic carbocycles. The highest BCUT2D eigenvalue weighted by atomic mass is 16.3. The van der Waals surface area contributed by atoms with E-state index in [2.05, 4.69) is 278 Å². The Hall–Kier alpha value is -9.24. The zero-order valence-corrected chi connectivity index (χ0v) is 38.8. The number of benzene rings is 12. The van der Waals surface area contributed by atoms with Crippen molar-refractivity contribution in [1.29, 1.82) is 0 Å². The van der Waals surface area contributed by atoms with Crippen LogP contribution in [0.2, 0.25) is 0 Å². The van der Waals surface area contributed by atoms with Crippen molar-refractivity contribution in [3.05, 3.63) is 295 Å². The van der Waals surface area contributed by atoms with E-state index in [1.165, 1.54) is 77.2 Å². The van der Waals surface area contributed by atoms with Gasteiger partial charge in [0.15, 0.2) is 0 Å². The molecule has 0 atom stereocenters. The Bertz CT molecular complexity index is 4100. The van der Waals surface area contributed by atoms with E-state index in [4.69, 9.17) is 4.42 Å². The standard InChI is InChI=1S/C69H45NO/c1-4-18-48(19-5-1)58-31-17-35-64-67(58)63-43-41-53(44-65(63)69(64,50-24-6-2-7-25-50)51-26-8-3-9-27-51)70(52-38-36-49(37-39-52)56-30-14-22-46-20-10-12-28-55(46)56)54-40-42-60-62-34-16-33-61(68(62)71-66(60)45-54)59-32-15-23-47-21-11-13-29-57(47)59/h1-45H. The number of nitrogens with zero attached hydrogens (tertiary/aromatic N) is 1. The Kier molecular flexibility index (Phi) is 9.47. The Morgan fingerprint density at radius 3 is 1.52 bits per heavy atom. The lowest BCUT2D eigenvalue weighted by molar-refractivity contribution is 0.670. The summed E-state index contributed by atoms with van der Waals surface area (Å²) in [5.41, 5.74) is 18.8. The highest BCUT2D eigenvalue weighted by Crippen LogP contribution is 2.59. The molecule has 13 aromatic rings. The van der Waals surface area contributed by atoms with Crippen molar-refractivity contribution < 1.29 is 4.42 Å². The first-order chi connectivity index (χ1) is 35.2. The lowest BCUT2D eigenvalue weighted by atomic mass is 9.67. The molecule has 1 aliphatic rings. The van der Waals surface area contributed by atoms with Gasteiger partial charge in [0.2, 0.25) is 0 Å². The van der Waals surface area contributed by atoms with Crippen molar-refractivity contribution in [2.75, 3.05) is 4.90 Å². The quantitative estimate of drug-likeness (QED) is 0.151. The van der Waals surface area contributed by atoms with Crippen molar-refractivity contribution in [2.45, 2.75) is 5.41 Å². The molecule has 0 saturated carbocycles. The van der Waals surface area contributed by atoms with Gasteiger partial charge in [0.25, 0.3) is 0 Å². The van der Waals surface area contributed by atoms with Gasteiger partial charge in [-0.25, -0.2) is 0 Å². The van der Waals surface area contributed by atoms with Gasteiger partial charge < -0.3 is 9.32 Å². The Balaban J connectivity index is 1.01. The van der Waals surface area contributed by atoms with Crippen molar-refractivity contribution in [2.24, 2.45) is 0 Å². The molecule has 0 bridgehead atoms. The molecular formula is C69H45NO. The monoisotopic (exact) mass is 903 g/mol. The molecule has 0 saturated heterocycles. The fourth-order valence-corrected chi connectivity index (χ4v) is 11.8. The number of para-hydroxylation sites is 1. The molecule has 0 fully saturated rings. The number of furan rings is 1. The van der Waals surface area contributed by atoms with Gasteiger partial charge in [0.05, 0.1) is 5.41 Å². The van der Waals surface area contributed by atoms with Crippen LogP contribution >= 0.6 is 0 Å². The van der Waals surface area contributed by atoms with Crippen molar-refractivity contribution >= 4 is 60.5 Å². The molecule has 1 heterocycles. The molecule has 14 rings (SSSR count). The molecule has 0 amide bonds. The zero-order chi connectivity index (χ0) is 46.9. The van der Waals surface area contributed by atoms with Crippen LogP contribution in [0.3, 0.4) is 0 Å². The average molecular weight is 904 g/mol. The number of hydrogen-bond donors (Lipinski definition) is 0. The molecule has 2 nitrogen and oxygen atoms in total.